The second-order valence-corrected chi connectivity index (χ2v) is 5.37. The van der Waals surface area contributed by atoms with Gasteiger partial charge < -0.3 is 15.7 Å². The third-order valence-corrected chi connectivity index (χ3v) is 3.71. The Balaban J connectivity index is 1.93. The maximum absolute atomic E-state index is 11.9. The minimum Gasteiger partial charge on any atom is -0.465 e. The molecule has 21 heavy (non-hydrogen) atoms. The zero-order valence-corrected chi connectivity index (χ0v) is 11.5. The van der Waals surface area contributed by atoms with E-state index in [0.717, 1.165) is 11.3 Å². The fourth-order valence-electron chi connectivity index (χ4n) is 1.71. The molecular formula is C11H12N4O5S. The molecule has 0 aliphatic carbocycles. The van der Waals surface area contributed by atoms with Gasteiger partial charge in [-0.25, -0.2) is 9.78 Å². The van der Waals surface area contributed by atoms with Crippen LogP contribution in [-0.4, -0.2) is 39.9 Å². The summed E-state index contributed by atoms with van der Waals surface area (Å²) in [6, 6.07) is -0.752. The average Bonchev–Trinajstić information content (AvgIpc) is 2.88. The second kappa shape index (κ2) is 6.31. The molecule has 1 aliphatic rings. The van der Waals surface area contributed by atoms with Crippen molar-refractivity contribution in [2.75, 3.05) is 0 Å². The zero-order chi connectivity index (χ0) is 15.4. The van der Waals surface area contributed by atoms with Crippen molar-refractivity contribution in [2.45, 2.75) is 25.4 Å². The fourth-order valence-corrected chi connectivity index (χ4v) is 2.47. The van der Waals surface area contributed by atoms with Crippen molar-refractivity contribution in [1.29, 1.82) is 0 Å². The number of hydrogen-bond acceptors (Lipinski definition) is 6. The summed E-state index contributed by atoms with van der Waals surface area (Å²) in [5, 5.41) is 15.7. The number of piperidine rings is 1. The zero-order valence-electron chi connectivity index (χ0n) is 10.7. The summed E-state index contributed by atoms with van der Waals surface area (Å²) in [7, 11) is 0. The number of amides is 4. The fraction of sp³-hybridized carbons (Fsp3) is 0.364. The van der Waals surface area contributed by atoms with Crippen LogP contribution in [0.25, 0.3) is 0 Å². The summed E-state index contributed by atoms with van der Waals surface area (Å²) in [6.45, 7) is 0.00565. The van der Waals surface area contributed by atoms with Crippen LogP contribution in [0.3, 0.4) is 0 Å². The van der Waals surface area contributed by atoms with Crippen molar-refractivity contribution < 1.29 is 24.3 Å². The first-order valence-electron chi connectivity index (χ1n) is 6.02. The molecule has 2 heterocycles. The first-order chi connectivity index (χ1) is 9.95. The second-order valence-electron chi connectivity index (χ2n) is 4.25. The minimum absolute atomic E-state index is 0.00565. The summed E-state index contributed by atoms with van der Waals surface area (Å²) >= 11 is 1.03. The van der Waals surface area contributed by atoms with E-state index in [1.54, 1.807) is 0 Å². The third kappa shape index (κ3) is 3.99. The van der Waals surface area contributed by atoms with Crippen molar-refractivity contribution in [3.63, 3.8) is 0 Å². The summed E-state index contributed by atoms with van der Waals surface area (Å²) in [5.74, 6) is -1.37. The molecular weight excluding hydrogens is 300 g/mol. The number of nitrogens with one attached hydrogen (secondary N) is 3. The first kappa shape index (κ1) is 14.9. The van der Waals surface area contributed by atoms with E-state index in [4.69, 9.17) is 5.11 Å². The van der Waals surface area contributed by atoms with Gasteiger partial charge in [0.05, 0.1) is 12.7 Å². The molecule has 9 nitrogen and oxygen atoms in total. The highest BCUT2D eigenvalue weighted by Gasteiger charge is 2.28. The Labute approximate surface area is 122 Å². The van der Waals surface area contributed by atoms with Gasteiger partial charge in [0.25, 0.3) is 5.91 Å². The first-order valence-corrected chi connectivity index (χ1v) is 6.83. The SMILES string of the molecule is O=C(O)NCc1ncc(C(=O)NC2CCC(=O)NC2=O)s1. The van der Waals surface area contributed by atoms with Crippen LogP contribution in [0.2, 0.25) is 0 Å². The van der Waals surface area contributed by atoms with E-state index < -0.39 is 23.9 Å². The molecule has 4 amide bonds. The van der Waals surface area contributed by atoms with Gasteiger partial charge in [-0.2, -0.15) is 0 Å². The van der Waals surface area contributed by atoms with Crippen molar-refractivity contribution in [2.24, 2.45) is 0 Å². The molecule has 112 valence electrons. The topological polar surface area (TPSA) is 137 Å². The van der Waals surface area contributed by atoms with E-state index in [1.807, 2.05) is 0 Å². The highest BCUT2D eigenvalue weighted by molar-refractivity contribution is 7.13. The van der Waals surface area contributed by atoms with E-state index in [0.29, 0.717) is 5.01 Å². The summed E-state index contributed by atoms with van der Waals surface area (Å²) in [6.07, 6.45) is 0.556. The maximum Gasteiger partial charge on any atom is 0.405 e. The van der Waals surface area contributed by atoms with E-state index >= 15 is 0 Å². The molecule has 0 saturated carbocycles. The van der Waals surface area contributed by atoms with Crippen LogP contribution in [0, 0.1) is 0 Å². The van der Waals surface area contributed by atoms with Crippen LogP contribution in [0.5, 0.6) is 0 Å². The minimum atomic E-state index is -1.18. The number of carbonyl (C=O) groups excluding carboxylic acids is 3. The number of nitrogens with zero attached hydrogens (tertiary/aromatic N) is 1. The summed E-state index contributed by atoms with van der Waals surface area (Å²) in [5.41, 5.74) is 0. The van der Waals surface area contributed by atoms with Gasteiger partial charge in [0.15, 0.2) is 0 Å². The van der Waals surface area contributed by atoms with Crippen molar-refractivity contribution in [3.8, 4) is 0 Å². The quantitative estimate of drug-likeness (QED) is 0.550. The van der Waals surface area contributed by atoms with E-state index in [-0.39, 0.29) is 30.2 Å². The molecule has 10 heteroatoms. The Hall–Kier alpha value is -2.49. The lowest BCUT2D eigenvalue weighted by Gasteiger charge is -2.21. The number of hydrogen-bond donors (Lipinski definition) is 4. The molecule has 1 fully saturated rings. The van der Waals surface area contributed by atoms with Gasteiger partial charge >= 0.3 is 6.09 Å². The molecule has 1 saturated heterocycles. The Morgan fingerprint density at radius 1 is 1.48 bits per heavy atom. The number of aromatic nitrogens is 1. The largest absolute Gasteiger partial charge is 0.465 e. The predicted octanol–water partition coefficient (Wildman–Crippen LogP) is -0.554. The lowest BCUT2D eigenvalue weighted by Crippen LogP contribution is -2.52. The molecule has 1 unspecified atom stereocenters. The Bertz CT molecular complexity index is 599. The summed E-state index contributed by atoms with van der Waals surface area (Å²) in [4.78, 5) is 49.0. The van der Waals surface area contributed by atoms with Crippen LogP contribution in [0.4, 0.5) is 4.79 Å². The third-order valence-electron chi connectivity index (χ3n) is 2.71. The van der Waals surface area contributed by atoms with Crippen molar-refractivity contribution in [1.82, 2.24) is 20.9 Å². The standard InChI is InChI=1S/C11H12N4O5S/c16-7-2-1-5(9(17)15-7)14-10(18)6-3-12-8(21-6)4-13-11(19)20/h3,5,13H,1-2,4H2,(H,14,18)(H,19,20)(H,15,16,17). The molecule has 1 aliphatic heterocycles. The van der Waals surface area contributed by atoms with E-state index in [9.17, 15) is 19.2 Å². The maximum atomic E-state index is 11.9. The molecule has 0 bridgehead atoms. The number of carbonyl (C=O) groups is 4. The van der Waals surface area contributed by atoms with Crippen LogP contribution < -0.4 is 16.0 Å². The van der Waals surface area contributed by atoms with Crippen molar-refractivity contribution >= 4 is 35.2 Å². The van der Waals surface area contributed by atoms with Gasteiger partial charge in [-0.3, -0.25) is 19.7 Å². The average molecular weight is 312 g/mol. The molecule has 2 rings (SSSR count). The highest BCUT2D eigenvalue weighted by Crippen LogP contribution is 2.14. The normalized spacial score (nSPS) is 18.0. The molecule has 1 atom stereocenters. The van der Waals surface area contributed by atoms with Gasteiger partial charge in [0.2, 0.25) is 11.8 Å². The Morgan fingerprint density at radius 2 is 2.24 bits per heavy atom. The van der Waals surface area contributed by atoms with E-state index in [1.165, 1.54) is 6.20 Å². The van der Waals surface area contributed by atoms with E-state index in [2.05, 4.69) is 20.9 Å². The molecule has 4 N–H and O–H groups in total. The number of rotatable bonds is 4. The number of carboxylic acid groups (broad SMARTS) is 1. The van der Waals surface area contributed by atoms with Crippen LogP contribution >= 0.6 is 11.3 Å². The van der Waals surface area contributed by atoms with Gasteiger partial charge in [-0.05, 0) is 6.42 Å². The Morgan fingerprint density at radius 3 is 2.90 bits per heavy atom. The molecule has 0 spiro atoms. The molecule has 0 radical (unpaired) electrons. The lowest BCUT2D eigenvalue weighted by molar-refractivity contribution is -0.134. The smallest absolute Gasteiger partial charge is 0.405 e. The van der Waals surface area contributed by atoms with Gasteiger partial charge in [-0.15, -0.1) is 11.3 Å². The molecule has 1 aromatic heterocycles. The molecule has 0 aromatic carbocycles. The van der Waals surface area contributed by atoms with Gasteiger partial charge in [0, 0.05) is 6.42 Å². The predicted molar refractivity (Wildman–Crippen MR) is 70.6 cm³/mol. The summed E-state index contributed by atoms with van der Waals surface area (Å²) < 4.78 is 0. The number of imide groups is 1. The Kier molecular flexibility index (Phi) is 4.48. The van der Waals surface area contributed by atoms with Crippen LogP contribution in [0.1, 0.15) is 27.5 Å². The van der Waals surface area contributed by atoms with Crippen molar-refractivity contribution in [3.05, 3.63) is 16.1 Å². The highest BCUT2D eigenvalue weighted by atomic mass is 32.1. The lowest BCUT2D eigenvalue weighted by atomic mass is 10.1. The van der Waals surface area contributed by atoms with Gasteiger partial charge in [0.1, 0.15) is 15.9 Å². The van der Waals surface area contributed by atoms with Crippen LogP contribution in [0.15, 0.2) is 6.20 Å². The van der Waals surface area contributed by atoms with Gasteiger partial charge in [-0.1, -0.05) is 0 Å². The number of thiazole rings is 1. The van der Waals surface area contributed by atoms with Crippen LogP contribution in [-0.2, 0) is 16.1 Å². The molecule has 1 aromatic rings. The monoisotopic (exact) mass is 312 g/mol.